The normalized spacial score (nSPS) is 25.2. The van der Waals surface area contributed by atoms with Crippen molar-refractivity contribution >= 4 is 11.9 Å². The Morgan fingerprint density at radius 2 is 2.18 bits per heavy atom. The molecule has 2 unspecified atom stereocenters. The van der Waals surface area contributed by atoms with E-state index in [2.05, 4.69) is 12.2 Å². The Morgan fingerprint density at radius 3 is 2.88 bits per heavy atom. The van der Waals surface area contributed by atoms with Crippen molar-refractivity contribution in [3.8, 4) is 0 Å². The number of nitrogens with one attached hydrogen (secondary N) is 1. The molecule has 1 aliphatic rings. The standard InChI is InChI=1S/C13H19NO3/c1-9-3-2-4-10(6-5-9)14-12-8-7-11(17-12)13(15)16/h7-10,14H,2-6H2,1H3,(H,15,16). The predicted octanol–water partition coefficient (Wildman–Crippen LogP) is 3.36. The van der Waals surface area contributed by atoms with E-state index in [0.717, 1.165) is 18.8 Å². The van der Waals surface area contributed by atoms with Gasteiger partial charge in [0.25, 0.3) is 0 Å². The van der Waals surface area contributed by atoms with E-state index in [-0.39, 0.29) is 5.76 Å². The van der Waals surface area contributed by atoms with Gasteiger partial charge in [-0.1, -0.05) is 19.8 Å². The Morgan fingerprint density at radius 1 is 1.35 bits per heavy atom. The Hall–Kier alpha value is -1.45. The second-order valence-electron chi connectivity index (χ2n) is 4.92. The average Bonchev–Trinajstić information content (AvgIpc) is 2.65. The lowest BCUT2D eigenvalue weighted by atomic mass is 10.0. The van der Waals surface area contributed by atoms with E-state index < -0.39 is 5.97 Å². The lowest BCUT2D eigenvalue weighted by Crippen LogP contribution is -2.17. The first kappa shape index (κ1) is 12.0. The fourth-order valence-electron chi connectivity index (χ4n) is 2.36. The van der Waals surface area contributed by atoms with Gasteiger partial charge < -0.3 is 14.8 Å². The third kappa shape index (κ3) is 3.25. The van der Waals surface area contributed by atoms with E-state index >= 15 is 0 Å². The molecule has 0 amide bonds. The van der Waals surface area contributed by atoms with Crippen LogP contribution in [-0.4, -0.2) is 17.1 Å². The highest BCUT2D eigenvalue weighted by atomic mass is 16.4. The Labute approximate surface area is 101 Å². The van der Waals surface area contributed by atoms with E-state index in [1.165, 1.54) is 25.3 Å². The van der Waals surface area contributed by atoms with E-state index in [1.807, 2.05) is 0 Å². The molecule has 1 aromatic heterocycles. The van der Waals surface area contributed by atoms with Crippen molar-refractivity contribution in [3.63, 3.8) is 0 Å². The fraction of sp³-hybridized carbons (Fsp3) is 0.615. The van der Waals surface area contributed by atoms with Gasteiger partial charge in [-0.05, 0) is 31.2 Å². The third-order valence-corrected chi connectivity index (χ3v) is 3.42. The predicted molar refractivity (Wildman–Crippen MR) is 65.3 cm³/mol. The summed E-state index contributed by atoms with van der Waals surface area (Å²) < 4.78 is 5.20. The van der Waals surface area contributed by atoms with Crippen LogP contribution in [0.1, 0.15) is 49.6 Å². The highest BCUT2D eigenvalue weighted by Crippen LogP contribution is 2.25. The summed E-state index contributed by atoms with van der Waals surface area (Å²) in [6.07, 6.45) is 6.00. The van der Waals surface area contributed by atoms with Gasteiger partial charge in [-0.2, -0.15) is 0 Å². The van der Waals surface area contributed by atoms with Crippen LogP contribution in [0.3, 0.4) is 0 Å². The molecule has 0 aromatic carbocycles. The zero-order chi connectivity index (χ0) is 12.3. The molecule has 1 saturated carbocycles. The van der Waals surface area contributed by atoms with E-state index in [4.69, 9.17) is 9.52 Å². The summed E-state index contributed by atoms with van der Waals surface area (Å²) in [5.74, 6) is 0.344. The summed E-state index contributed by atoms with van der Waals surface area (Å²) in [5, 5.41) is 12.0. The van der Waals surface area contributed by atoms with Crippen molar-refractivity contribution < 1.29 is 14.3 Å². The van der Waals surface area contributed by atoms with Crippen LogP contribution in [0.5, 0.6) is 0 Å². The minimum atomic E-state index is -1.02. The molecule has 17 heavy (non-hydrogen) atoms. The summed E-state index contributed by atoms with van der Waals surface area (Å²) in [4.78, 5) is 10.7. The highest BCUT2D eigenvalue weighted by molar-refractivity contribution is 5.84. The molecule has 1 fully saturated rings. The SMILES string of the molecule is CC1CCCC(Nc2ccc(C(=O)O)o2)CC1. The number of anilines is 1. The summed E-state index contributed by atoms with van der Waals surface area (Å²) in [5.41, 5.74) is 0. The van der Waals surface area contributed by atoms with Crippen molar-refractivity contribution in [2.75, 3.05) is 5.32 Å². The van der Waals surface area contributed by atoms with Gasteiger partial charge >= 0.3 is 5.97 Å². The number of carbonyl (C=O) groups is 1. The average molecular weight is 237 g/mol. The topological polar surface area (TPSA) is 62.5 Å². The van der Waals surface area contributed by atoms with Crippen LogP contribution in [0.15, 0.2) is 16.5 Å². The molecule has 0 radical (unpaired) electrons. The van der Waals surface area contributed by atoms with Crippen LogP contribution in [0.25, 0.3) is 0 Å². The summed E-state index contributed by atoms with van der Waals surface area (Å²) in [7, 11) is 0. The van der Waals surface area contributed by atoms with Crippen LogP contribution in [0.2, 0.25) is 0 Å². The Bertz CT molecular complexity index is 386. The number of rotatable bonds is 3. The molecule has 2 N–H and O–H groups in total. The van der Waals surface area contributed by atoms with E-state index in [0.29, 0.717) is 11.9 Å². The van der Waals surface area contributed by atoms with Crippen LogP contribution >= 0.6 is 0 Å². The fourth-order valence-corrected chi connectivity index (χ4v) is 2.36. The van der Waals surface area contributed by atoms with Crippen LogP contribution in [-0.2, 0) is 0 Å². The first-order valence-electron chi connectivity index (χ1n) is 6.25. The molecule has 0 aliphatic heterocycles. The van der Waals surface area contributed by atoms with Gasteiger partial charge in [-0.3, -0.25) is 0 Å². The molecular formula is C13H19NO3. The molecule has 0 bridgehead atoms. The molecule has 2 atom stereocenters. The summed E-state index contributed by atoms with van der Waals surface area (Å²) >= 11 is 0. The maximum atomic E-state index is 10.7. The van der Waals surface area contributed by atoms with Crippen molar-refractivity contribution in [2.24, 2.45) is 5.92 Å². The Kier molecular flexibility index (Phi) is 3.71. The molecule has 0 spiro atoms. The quantitative estimate of drug-likeness (QED) is 0.791. The first-order chi connectivity index (χ1) is 8.15. The van der Waals surface area contributed by atoms with Crippen molar-refractivity contribution in [3.05, 3.63) is 17.9 Å². The lowest BCUT2D eigenvalue weighted by molar-refractivity contribution is 0.0663. The van der Waals surface area contributed by atoms with Gasteiger partial charge in [-0.15, -0.1) is 0 Å². The second kappa shape index (κ2) is 5.25. The minimum absolute atomic E-state index is 0.00510. The smallest absolute Gasteiger partial charge is 0.371 e. The maximum absolute atomic E-state index is 10.7. The zero-order valence-electron chi connectivity index (χ0n) is 10.1. The zero-order valence-corrected chi connectivity index (χ0v) is 10.1. The van der Waals surface area contributed by atoms with Crippen molar-refractivity contribution in [1.82, 2.24) is 0 Å². The third-order valence-electron chi connectivity index (χ3n) is 3.42. The molecule has 2 rings (SSSR count). The van der Waals surface area contributed by atoms with Gasteiger partial charge in [0, 0.05) is 12.1 Å². The maximum Gasteiger partial charge on any atom is 0.371 e. The van der Waals surface area contributed by atoms with Gasteiger partial charge in [0.15, 0.2) is 5.88 Å². The molecular weight excluding hydrogens is 218 g/mol. The molecule has 0 saturated heterocycles. The van der Waals surface area contributed by atoms with Crippen LogP contribution in [0.4, 0.5) is 5.88 Å². The molecule has 4 nitrogen and oxygen atoms in total. The number of carboxylic acids is 1. The van der Waals surface area contributed by atoms with E-state index in [9.17, 15) is 4.79 Å². The largest absolute Gasteiger partial charge is 0.475 e. The second-order valence-corrected chi connectivity index (χ2v) is 4.92. The number of hydrogen-bond donors (Lipinski definition) is 2. The molecule has 1 aromatic rings. The number of hydrogen-bond acceptors (Lipinski definition) is 3. The molecule has 4 heteroatoms. The minimum Gasteiger partial charge on any atom is -0.475 e. The van der Waals surface area contributed by atoms with Crippen molar-refractivity contribution in [2.45, 2.75) is 45.1 Å². The Balaban J connectivity index is 1.93. The number of aromatic carboxylic acids is 1. The van der Waals surface area contributed by atoms with Gasteiger partial charge in [0.1, 0.15) is 0 Å². The summed E-state index contributed by atoms with van der Waals surface area (Å²) in [6, 6.07) is 3.59. The molecule has 1 heterocycles. The first-order valence-corrected chi connectivity index (χ1v) is 6.25. The summed E-state index contributed by atoms with van der Waals surface area (Å²) in [6.45, 7) is 2.29. The number of furan rings is 1. The number of carboxylic acid groups (broad SMARTS) is 1. The molecule has 1 aliphatic carbocycles. The van der Waals surface area contributed by atoms with Crippen LogP contribution in [0, 0.1) is 5.92 Å². The highest BCUT2D eigenvalue weighted by Gasteiger charge is 2.17. The van der Waals surface area contributed by atoms with Crippen molar-refractivity contribution in [1.29, 1.82) is 0 Å². The monoisotopic (exact) mass is 237 g/mol. The van der Waals surface area contributed by atoms with Gasteiger partial charge in [0.2, 0.25) is 5.76 Å². The van der Waals surface area contributed by atoms with Gasteiger partial charge in [-0.25, -0.2) is 4.79 Å². The molecule has 94 valence electrons. The van der Waals surface area contributed by atoms with Gasteiger partial charge in [0.05, 0.1) is 0 Å². The lowest BCUT2D eigenvalue weighted by Gasteiger charge is -2.15. The van der Waals surface area contributed by atoms with E-state index in [1.54, 1.807) is 6.07 Å². The van der Waals surface area contributed by atoms with Crippen LogP contribution < -0.4 is 5.32 Å².